The Balaban J connectivity index is 3.83. The molecule has 1 nitrogen and oxygen atoms in total. The fraction of sp³-hybridized carbons (Fsp3) is 1.00. The minimum atomic E-state index is 0.336. The monoisotopic (exact) mass is 200 g/mol. The van der Waals surface area contributed by atoms with Crippen molar-refractivity contribution in [3.63, 3.8) is 0 Å². The van der Waals surface area contributed by atoms with E-state index in [-0.39, 0.29) is 0 Å². The SMILES string of the molecule is CCC(C)(C)COCC(C)(CC)CC. The van der Waals surface area contributed by atoms with Crippen LogP contribution in [-0.4, -0.2) is 13.2 Å². The van der Waals surface area contributed by atoms with E-state index in [1.54, 1.807) is 0 Å². The molecule has 0 fully saturated rings. The Bertz CT molecular complexity index is 145. The summed E-state index contributed by atoms with van der Waals surface area (Å²) in [6, 6.07) is 0. The summed E-state index contributed by atoms with van der Waals surface area (Å²) in [6.07, 6.45) is 3.59. The van der Waals surface area contributed by atoms with Crippen molar-refractivity contribution >= 4 is 0 Å². The zero-order valence-electron chi connectivity index (χ0n) is 10.9. The molecule has 0 saturated heterocycles. The van der Waals surface area contributed by atoms with Crippen LogP contribution in [0, 0.1) is 10.8 Å². The zero-order chi connectivity index (χ0) is 11.2. The number of rotatable bonds is 7. The van der Waals surface area contributed by atoms with Gasteiger partial charge in [0.05, 0.1) is 13.2 Å². The van der Waals surface area contributed by atoms with E-state index in [1.165, 1.54) is 19.3 Å². The lowest BCUT2D eigenvalue weighted by Gasteiger charge is -2.29. The second-order valence-corrected chi connectivity index (χ2v) is 5.53. The molecule has 0 bridgehead atoms. The fourth-order valence-corrected chi connectivity index (χ4v) is 1.13. The maximum absolute atomic E-state index is 5.84. The molecule has 14 heavy (non-hydrogen) atoms. The Hall–Kier alpha value is -0.0400. The lowest BCUT2D eigenvalue weighted by molar-refractivity contribution is 0.00487. The number of hydrogen-bond acceptors (Lipinski definition) is 1. The van der Waals surface area contributed by atoms with E-state index >= 15 is 0 Å². The van der Waals surface area contributed by atoms with Crippen molar-refractivity contribution in [1.29, 1.82) is 0 Å². The van der Waals surface area contributed by atoms with Gasteiger partial charge in [0.25, 0.3) is 0 Å². The second kappa shape index (κ2) is 5.75. The average molecular weight is 200 g/mol. The summed E-state index contributed by atoms with van der Waals surface area (Å²) >= 11 is 0. The van der Waals surface area contributed by atoms with E-state index in [0.29, 0.717) is 10.8 Å². The zero-order valence-corrected chi connectivity index (χ0v) is 10.9. The lowest BCUT2D eigenvalue weighted by Crippen LogP contribution is -2.26. The Labute approximate surface area is 90.2 Å². The van der Waals surface area contributed by atoms with Crippen LogP contribution in [0.15, 0.2) is 0 Å². The first-order valence-electron chi connectivity index (χ1n) is 5.97. The van der Waals surface area contributed by atoms with Crippen molar-refractivity contribution in [1.82, 2.24) is 0 Å². The highest BCUT2D eigenvalue weighted by Crippen LogP contribution is 2.27. The van der Waals surface area contributed by atoms with E-state index in [9.17, 15) is 0 Å². The third-order valence-corrected chi connectivity index (χ3v) is 3.61. The minimum absolute atomic E-state index is 0.336. The Morgan fingerprint density at radius 1 is 0.786 bits per heavy atom. The van der Waals surface area contributed by atoms with E-state index in [0.717, 1.165) is 13.2 Å². The molecule has 0 aromatic rings. The van der Waals surface area contributed by atoms with Gasteiger partial charge in [-0.25, -0.2) is 0 Å². The van der Waals surface area contributed by atoms with Gasteiger partial charge in [0.1, 0.15) is 0 Å². The van der Waals surface area contributed by atoms with Gasteiger partial charge in [-0.1, -0.05) is 41.5 Å². The van der Waals surface area contributed by atoms with Gasteiger partial charge in [-0.05, 0) is 30.1 Å². The average Bonchev–Trinajstić information content (AvgIpc) is 2.17. The summed E-state index contributed by atoms with van der Waals surface area (Å²) in [5.74, 6) is 0. The van der Waals surface area contributed by atoms with Crippen LogP contribution in [0.3, 0.4) is 0 Å². The van der Waals surface area contributed by atoms with Crippen LogP contribution in [0.25, 0.3) is 0 Å². The smallest absolute Gasteiger partial charge is 0.0519 e. The summed E-state index contributed by atoms with van der Waals surface area (Å²) in [5, 5.41) is 0. The molecule has 0 spiro atoms. The predicted octanol–water partition coefficient (Wildman–Crippen LogP) is 4.27. The minimum Gasteiger partial charge on any atom is -0.380 e. The van der Waals surface area contributed by atoms with E-state index in [4.69, 9.17) is 4.74 Å². The van der Waals surface area contributed by atoms with Crippen LogP contribution in [0.4, 0.5) is 0 Å². The number of hydrogen-bond donors (Lipinski definition) is 0. The second-order valence-electron chi connectivity index (χ2n) is 5.53. The Kier molecular flexibility index (Phi) is 5.73. The van der Waals surface area contributed by atoms with Crippen molar-refractivity contribution in [3.05, 3.63) is 0 Å². The van der Waals surface area contributed by atoms with Crippen LogP contribution >= 0.6 is 0 Å². The van der Waals surface area contributed by atoms with Crippen molar-refractivity contribution in [2.45, 2.75) is 60.8 Å². The molecule has 0 heterocycles. The molecule has 0 N–H and O–H groups in total. The molecule has 86 valence electrons. The van der Waals surface area contributed by atoms with E-state index < -0.39 is 0 Å². The Morgan fingerprint density at radius 2 is 1.29 bits per heavy atom. The molecule has 0 saturated carbocycles. The first-order valence-corrected chi connectivity index (χ1v) is 5.97. The van der Waals surface area contributed by atoms with Gasteiger partial charge in [0.15, 0.2) is 0 Å². The molecule has 0 aliphatic carbocycles. The first kappa shape index (κ1) is 14.0. The molecule has 0 aliphatic heterocycles. The van der Waals surface area contributed by atoms with Crippen molar-refractivity contribution < 1.29 is 4.74 Å². The molecule has 0 atom stereocenters. The molecular weight excluding hydrogens is 172 g/mol. The maximum atomic E-state index is 5.84. The van der Waals surface area contributed by atoms with Gasteiger partial charge in [-0.3, -0.25) is 0 Å². The largest absolute Gasteiger partial charge is 0.380 e. The predicted molar refractivity (Wildman–Crippen MR) is 63.6 cm³/mol. The van der Waals surface area contributed by atoms with E-state index in [2.05, 4.69) is 41.5 Å². The van der Waals surface area contributed by atoms with Crippen LogP contribution in [0.1, 0.15) is 60.8 Å². The molecule has 0 amide bonds. The topological polar surface area (TPSA) is 9.23 Å². The van der Waals surface area contributed by atoms with Crippen LogP contribution < -0.4 is 0 Å². The van der Waals surface area contributed by atoms with Gasteiger partial charge >= 0.3 is 0 Å². The maximum Gasteiger partial charge on any atom is 0.0519 e. The van der Waals surface area contributed by atoms with Crippen molar-refractivity contribution in [2.75, 3.05) is 13.2 Å². The lowest BCUT2D eigenvalue weighted by atomic mass is 9.85. The summed E-state index contributed by atoms with van der Waals surface area (Å²) in [4.78, 5) is 0. The normalized spacial score (nSPS) is 13.3. The fourth-order valence-electron chi connectivity index (χ4n) is 1.13. The van der Waals surface area contributed by atoms with Crippen LogP contribution in [-0.2, 0) is 4.74 Å². The van der Waals surface area contributed by atoms with Gasteiger partial charge < -0.3 is 4.74 Å². The molecule has 0 rings (SSSR count). The molecule has 0 radical (unpaired) electrons. The van der Waals surface area contributed by atoms with Crippen molar-refractivity contribution in [3.8, 4) is 0 Å². The highest BCUT2D eigenvalue weighted by atomic mass is 16.5. The highest BCUT2D eigenvalue weighted by molar-refractivity contribution is 4.71. The van der Waals surface area contributed by atoms with Gasteiger partial charge in [0, 0.05) is 0 Å². The molecule has 0 aliphatic rings. The number of ether oxygens (including phenoxy) is 1. The molecule has 0 unspecified atom stereocenters. The third-order valence-electron chi connectivity index (χ3n) is 3.61. The van der Waals surface area contributed by atoms with E-state index in [1.807, 2.05) is 0 Å². The molecule has 0 aromatic carbocycles. The van der Waals surface area contributed by atoms with Crippen molar-refractivity contribution in [2.24, 2.45) is 10.8 Å². The third kappa shape index (κ3) is 4.99. The summed E-state index contributed by atoms with van der Waals surface area (Å²) in [6.45, 7) is 15.4. The molecule has 0 aromatic heterocycles. The highest BCUT2D eigenvalue weighted by Gasteiger charge is 2.22. The summed E-state index contributed by atoms with van der Waals surface area (Å²) in [7, 11) is 0. The standard InChI is InChI=1S/C13H28O/c1-7-12(4,5)10-14-11-13(6,8-2)9-3/h7-11H2,1-6H3. The van der Waals surface area contributed by atoms with Gasteiger partial charge in [0.2, 0.25) is 0 Å². The Morgan fingerprint density at radius 3 is 1.64 bits per heavy atom. The summed E-state index contributed by atoms with van der Waals surface area (Å²) in [5.41, 5.74) is 0.714. The summed E-state index contributed by atoms with van der Waals surface area (Å²) < 4.78 is 5.84. The molecular formula is C13H28O. The first-order chi connectivity index (χ1) is 6.39. The van der Waals surface area contributed by atoms with Gasteiger partial charge in [-0.2, -0.15) is 0 Å². The molecule has 1 heteroatoms. The van der Waals surface area contributed by atoms with Gasteiger partial charge in [-0.15, -0.1) is 0 Å². The van der Waals surface area contributed by atoms with Crippen LogP contribution in [0.5, 0.6) is 0 Å². The quantitative estimate of drug-likeness (QED) is 0.596. The van der Waals surface area contributed by atoms with Crippen LogP contribution in [0.2, 0.25) is 0 Å².